The summed E-state index contributed by atoms with van der Waals surface area (Å²) in [6, 6.07) is 6.85. The number of hydrogen-bond donors (Lipinski definition) is 2. The van der Waals surface area contributed by atoms with Gasteiger partial charge in [0.15, 0.2) is 0 Å². The Morgan fingerprint density at radius 1 is 1.15 bits per heavy atom. The second-order valence-electron chi connectivity index (χ2n) is 6.48. The number of hydrogen-bond acceptors (Lipinski definition) is 4. The normalized spacial score (nSPS) is 18.0. The predicted molar refractivity (Wildman–Crippen MR) is 98.2 cm³/mol. The number of primary sulfonamides is 1. The Balaban J connectivity index is 2.21. The molecule has 0 saturated carbocycles. The topological polar surface area (TPSA) is 106 Å². The Bertz CT molecular complexity index is 995. The summed E-state index contributed by atoms with van der Waals surface area (Å²) in [6.45, 7) is 0.264. The van der Waals surface area contributed by atoms with E-state index in [0.29, 0.717) is 12.8 Å². The number of sulfonamides is 1. The zero-order valence-corrected chi connectivity index (χ0v) is 15.2. The molecule has 0 spiro atoms. The average Bonchev–Trinajstić information content (AvgIpc) is 2.58. The fourth-order valence-corrected chi connectivity index (χ4v) is 3.96. The quantitative estimate of drug-likeness (QED) is 0.824. The molecule has 0 aromatic heterocycles. The molecule has 3 rings (SSSR count). The molecule has 2 aromatic carbocycles. The highest BCUT2D eigenvalue weighted by atomic mass is 32.2. The van der Waals surface area contributed by atoms with E-state index in [-0.39, 0.29) is 28.9 Å². The molecule has 9 heteroatoms. The van der Waals surface area contributed by atoms with E-state index >= 15 is 0 Å². The van der Waals surface area contributed by atoms with E-state index in [1.54, 1.807) is 0 Å². The third-order valence-corrected chi connectivity index (χ3v) is 5.17. The number of halogens is 2. The van der Waals surface area contributed by atoms with Crippen LogP contribution in [0.5, 0.6) is 0 Å². The van der Waals surface area contributed by atoms with Crippen molar-refractivity contribution < 1.29 is 22.0 Å². The first-order valence-corrected chi connectivity index (χ1v) is 10.0. The molecule has 2 aromatic rings. The first-order chi connectivity index (χ1) is 12.7. The summed E-state index contributed by atoms with van der Waals surface area (Å²) in [6.07, 6.45) is 1.09. The molecule has 1 amide bonds. The van der Waals surface area contributed by atoms with E-state index < -0.39 is 39.4 Å². The highest BCUT2D eigenvalue weighted by Crippen LogP contribution is 2.37. The van der Waals surface area contributed by atoms with E-state index in [1.165, 1.54) is 29.2 Å². The Hall–Kier alpha value is -2.36. The van der Waals surface area contributed by atoms with E-state index in [9.17, 15) is 22.0 Å². The minimum atomic E-state index is -3.90. The molecule has 144 valence electrons. The molecule has 0 bridgehead atoms. The van der Waals surface area contributed by atoms with Gasteiger partial charge in [-0.05, 0) is 42.2 Å². The lowest BCUT2D eigenvalue weighted by atomic mass is 9.96. The van der Waals surface area contributed by atoms with Crippen LogP contribution in [-0.2, 0) is 20.6 Å². The molecule has 27 heavy (non-hydrogen) atoms. The number of carbonyl (C=O) groups is 1. The number of rotatable bonds is 4. The van der Waals surface area contributed by atoms with Crippen molar-refractivity contribution in [2.45, 2.75) is 24.6 Å². The number of nitrogens with zero attached hydrogens (tertiary/aromatic N) is 1. The lowest BCUT2D eigenvalue weighted by molar-refractivity contribution is -0.120. The van der Waals surface area contributed by atoms with Crippen LogP contribution < -0.4 is 15.8 Å². The summed E-state index contributed by atoms with van der Waals surface area (Å²) in [4.78, 5) is 13.7. The zero-order valence-electron chi connectivity index (χ0n) is 14.4. The van der Waals surface area contributed by atoms with Gasteiger partial charge in [0.1, 0.15) is 11.6 Å². The van der Waals surface area contributed by atoms with Gasteiger partial charge in [-0.2, -0.15) is 0 Å². The largest absolute Gasteiger partial charge is 0.320 e. The molecule has 4 N–H and O–H groups in total. The van der Waals surface area contributed by atoms with Crippen molar-refractivity contribution in [3.8, 4) is 11.1 Å². The van der Waals surface area contributed by atoms with Gasteiger partial charge < -0.3 is 10.6 Å². The Morgan fingerprint density at radius 2 is 1.89 bits per heavy atom. The van der Waals surface area contributed by atoms with Crippen LogP contribution in [0.1, 0.15) is 18.4 Å². The van der Waals surface area contributed by atoms with Crippen molar-refractivity contribution in [2.24, 2.45) is 10.9 Å². The fourth-order valence-electron chi connectivity index (χ4n) is 3.27. The number of carbonyl (C=O) groups excluding carboxylic acids is 1. The number of anilines is 1. The van der Waals surface area contributed by atoms with Crippen LogP contribution in [-0.4, -0.2) is 26.9 Å². The van der Waals surface area contributed by atoms with Gasteiger partial charge in [-0.25, -0.2) is 22.3 Å². The first kappa shape index (κ1) is 19.4. The number of para-hydroxylation sites is 1. The molecule has 1 aliphatic rings. The molecular formula is C18H19F2N3O3S. The third-order valence-electron chi connectivity index (χ3n) is 4.46. The van der Waals surface area contributed by atoms with Crippen LogP contribution in [0.25, 0.3) is 11.1 Å². The zero-order chi connectivity index (χ0) is 19.8. The van der Waals surface area contributed by atoms with Crippen molar-refractivity contribution in [3.63, 3.8) is 0 Å². The highest BCUT2D eigenvalue weighted by Gasteiger charge is 2.31. The fraction of sp³-hybridized carbons (Fsp3) is 0.278. The molecule has 1 aliphatic heterocycles. The maximum atomic E-state index is 14.7. The second kappa shape index (κ2) is 7.34. The molecule has 6 nitrogen and oxygen atoms in total. The van der Waals surface area contributed by atoms with Crippen molar-refractivity contribution in [1.29, 1.82) is 0 Å². The van der Waals surface area contributed by atoms with Gasteiger partial charge >= 0.3 is 0 Å². The summed E-state index contributed by atoms with van der Waals surface area (Å²) in [5.74, 6) is -2.29. The van der Waals surface area contributed by atoms with E-state index in [0.717, 1.165) is 12.1 Å². The number of piperidine rings is 1. The van der Waals surface area contributed by atoms with Gasteiger partial charge in [-0.15, -0.1) is 0 Å². The lowest BCUT2D eigenvalue weighted by Crippen LogP contribution is -2.49. The summed E-state index contributed by atoms with van der Waals surface area (Å²) in [5.41, 5.74) is 6.34. The van der Waals surface area contributed by atoms with Gasteiger partial charge in [0.25, 0.3) is 0 Å². The highest BCUT2D eigenvalue weighted by molar-refractivity contribution is 7.88. The smallest absolute Gasteiger partial charge is 0.243 e. The lowest BCUT2D eigenvalue weighted by Gasteiger charge is -2.32. The van der Waals surface area contributed by atoms with E-state index in [1.807, 2.05) is 0 Å². The van der Waals surface area contributed by atoms with Crippen LogP contribution in [0.3, 0.4) is 0 Å². The number of nitrogens with two attached hydrogens (primary N) is 2. The molecular weight excluding hydrogens is 376 g/mol. The third kappa shape index (κ3) is 4.15. The number of amides is 1. The monoisotopic (exact) mass is 395 g/mol. The SMILES string of the molecule is NC1CCCN(c2c(F)cccc2-c2cc(F)ccc2CS(N)(=O)=O)C1=O. The van der Waals surface area contributed by atoms with Gasteiger partial charge in [-0.3, -0.25) is 4.79 Å². The first-order valence-electron chi connectivity index (χ1n) is 8.32. The van der Waals surface area contributed by atoms with E-state index in [2.05, 4.69) is 0 Å². The number of benzene rings is 2. The van der Waals surface area contributed by atoms with Crippen LogP contribution >= 0.6 is 0 Å². The van der Waals surface area contributed by atoms with Crippen LogP contribution in [0, 0.1) is 11.6 Å². The van der Waals surface area contributed by atoms with Gasteiger partial charge in [0, 0.05) is 12.1 Å². The average molecular weight is 395 g/mol. The summed E-state index contributed by atoms with van der Waals surface area (Å²) < 4.78 is 51.7. The summed E-state index contributed by atoms with van der Waals surface area (Å²) >= 11 is 0. The molecule has 0 radical (unpaired) electrons. The second-order valence-corrected chi connectivity index (χ2v) is 8.10. The molecule has 0 aliphatic carbocycles. The Labute approximate surface area is 155 Å². The molecule has 1 atom stereocenters. The maximum Gasteiger partial charge on any atom is 0.243 e. The van der Waals surface area contributed by atoms with Crippen LogP contribution in [0.2, 0.25) is 0 Å². The molecule has 1 heterocycles. The molecule has 1 unspecified atom stereocenters. The van der Waals surface area contributed by atoms with Crippen LogP contribution in [0.4, 0.5) is 14.5 Å². The molecule has 1 fully saturated rings. The minimum absolute atomic E-state index is 0.0427. The van der Waals surface area contributed by atoms with Gasteiger partial charge in [0.05, 0.1) is 17.5 Å². The summed E-state index contributed by atoms with van der Waals surface area (Å²) in [7, 11) is -3.90. The van der Waals surface area contributed by atoms with E-state index in [4.69, 9.17) is 10.9 Å². The van der Waals surface area contributed by atoms with Crippen molar-refractivity contribution in [1.82, 2.24) is 0 Å². The minimum Gasteiger partial charge on any atom is -0.320 e. The van der Waals surface area contributed by atoms with Crippen molar-refractivity contribution in [2.75, 3.05) is 11.4 Å². The standard InChI is InChI=1S/C18H19F2N3O3S/c19-12-7-6-11(10-27(22,25)26)14(9-12)13-3-1-4-15(20)17(13)23-8-2-5-16(21)18(23)24/h1,3-4,6-7,9,16H,2,5,8,10,21H2,(H2,22,25,26). The van der Waals surface area contributed by atoms with Gasteiger partial charge in [-0.1, -0.05) is 18.2 Å². The van der Waals surface area contributed by atoms with Crippen LogP contribution in [0.15, 0.2) is 36.4 Å². The molecule has 1 saturated heterocycles. The predicted octanol–water partition coefficient (Wildman–Crippen LogP) is 1.87. The Morgan fingerprint density at radius 3 is 2.59 bits per heavy atom. The van der Waals surface area contributed by atoms with Gasteiger partial charge in [0.2, 0.25) is 15.9 Å². The Kier molecular flexibility index (Phi) is 5.27. The maximum absolute atomic E-state index is 14.7. The summed E-state index contributed by atoms with van der Waals surface area (Å²) in [5, 5.41) is 5.13. The van der Waals surface area contributed by atoms with Crippen molar-refractivity contribution in [3.05, 3.63) is 53.6 Å². The van der Waals surface area contributed by atoms with Crippen molar-refractivity contribution >= 4 is 21.6 Å².